The summed E-state index contributed by atoms with van der Waals surface area (Å²) in [5, 5.41) is 4.91. The average Bonchev–Trinajstić information content (AvgIpc) is 3.66. The normalized spacial score (nSPS) is 11.7. The maximum Gasteiger partial charge on any atom is 0.169 e. The van der Waals surface area contributed by atoms with Crippen LogP contribution in [0.15, 0.2) is 138 Å². The third-order valence-corrected chi connectivity index (χ3v) is 9.71. The second kappa shape index (κ2) is 10.4. The van der Waals surface area contributed by atoms with Crippen LogP contribution in [0.25, 0.3) is 87.4 Å². The molecule has 9 rings (SSSR count). The molecule has 0 bridgehead atoms. The third-order valence-electron chi connectivity index (χ3n) is 8.24. The summed E-state index contributed by atoms with van der Waals surface area (Å²) in [6.07, 6.45) is 0. The molecule has 3 heterocycles. The summed E-state index contributed by atoms with van der Waals surface area (Å²) in [6.45, 7) is 0. The van der Waals surface area contributed by atoms with Crippen LogP contribution in [0, 0.1) is 0 Å². The van der Waals surface area contributed by atoms with Gasteiger partial charge in [-0.1, -0.05) is 103 Å². The van der Waals surface area contributed by atoms with E-state index in [-0.39, 0.29) is 0 Å². The topological polar surface area (TPSA) is 51.8 Å². The molecule has 9 aromatic rings. The summed E-state index contributed by atoms with van der Waals surface area (Å²) in [5.74, 6) is 1.60. The fourth-order valence-electron chi connectivity index (χ4n) is 6.03. The number of nitrogens with zero attached hydrogens (tertiary/aromatic N) is 3. The monoisotopic (exact) mass is 615 g/mol. The van der Waals surface area contributed by atoms with E-state index in [9.17, 15) is 0 Å². The number of furan rings is 1. The molecule has 0 aliphatic carbocycles. The highest BCUT2D eigenvalue weighted by Gasteiger charge is 2.21. The molecule has 45 heavy (non-hydrogen) atoms. The first-order chi connectivity index (χ1) is 22.2. The van der Waals surface area contributed by atoms with Gasteiger partial charge in [-0.3, -0.25) is 0 Å². The molecular weight excluding hydrogens is 594 g/mol. The van der Waals surface area contributed by atoms with Crippen molar-refractivity contribution >= 4 is 65.0 Å². The van der Waals surface area contributed by atoms with Gasteiger partial charge in [-0.05, 0) is 53.6 Å². The van der Waals surface area contributed by atoms with Gasteiger partial charge in [0.15, 0.2) is 17.5 Å². The van der Waals surface area contributed by atoms with Crippen LogP contribution in [0.5, 0.6) is 0 Å². The zero-order valence-electron chi connectivity index (χ0n) is 23.7. The van der Waals surface area contributed by atoms with Gasteiger partial charge in [0.25, 0.3) is 0 Å². The van der Waals surface area contributed by atoms with Crippen LogP contribution in [0.3, 0.4) is 0 Å². The van der Waals surface area contributed by atoms with Gasteiger partial charge in [-0.15, -0.1) is 11.3 Å². The van der Waals surface area contributed by atoms with E-state index < -0.39 is 0 Å². The lowest BCUT2D eigenvalue weighted by atomic mass is 10.0. The highest BCUT2D eigenvalue weighted by atomic mass is 35.5. The summed E-state index contributed by atoms with van der Waals surface area (Å²) in [4.78, 5) is 15.1. The molecule has 0 fully saturated rings. The molecule has 6 aromatic carbocycles. The molecule has 0 aliphatic rings. The first-order valence-electron chi connectivity index (χ1n) is 14.6. The van der Waals surface area contributed by atoms with Crippen molar-refractivity contribution < 1.29 is 4.42 Å². The molecule has 0 N–H and O–H groups in total. The second-order valence-corrected chi connectivity index (χ2v) is 12.4. The SMILES string of the molecule is Clc1ccc2c(oc3ccccc32)c1-c1nc(-c2ccc(-c3ccccc3)cc2)nc(-c2ccc3sc4ccccc4c3c2)n1. The molecule has 212 valence electrons. The van der Waals surface area contributed by atoms with E-state index in [1.165, 1.54) is 20.2 Å². The quantitative estimate of drug-likeness (QED) is 0.198. The summed E-state index contributed by atoms with van der Waals surface area (Å²) >= 11 is 8.71. The van der Waals surface area contributed by atoms with Gasteiger partial charge in [0.05, 0.1) is 10.6 Å². The van der Waals surface area contributed by atoms with Gasteiger partial charge in [0.1, 0.15) is 11.2 Å². The minimum Gasteiger partial charge on any atom is -0.455 e. The number of benzene rings is 6. The lowest BCUT2D eigenvalue weighted by molar-refractivity contribution is 0.669. The molecule has 0 saturated heterocycles. The van der Waals surface area contributed by atoms with Crippen LogP contribution in [0.2, 0.25) is 5.02 Å². The molecular formula is C39H22ClN3OS. The van der Waals surface area contributed by atoms with Crippen LogP contribution in [-0.2, 0) is 0 Å². The van der Waals surface area contributed by atoms with Crippen molar-refractivity contribution in [2.45, 2.75) is 0 Å². The Bertz CT molecular complexity index is 2550. The Balaban J connectivity index is 1.27. The number of rotatable bonds is 4. The van der Waals surface area contributed by atoms with Crippen LogP contribution in [0.4, 0.5) is 0 Å². The van der Waals surface area contributed by atoms with Crippen LogP contribution >= 0.6 is 22.9 Å². The predicted molar refractivity (Wildman–Crippen MR) is 187 cm³/mol. The molecule has 0 spiro atoms. The van der Waals surface area contributed by atoms with Gasteiger partial charge < -0.3 is 4.42 Å². The minimum atomic E-state index is 0.465. The maximum absolute atomic E-state index is 6.92. The largest absolute Gasteiger partial charge is 0.455 e. The van der Waals surface area contributed by atoms with Gasteiger partial charge in [0.2, 0.25) is 0 Å². The Kier molecular flexibility index (Phi) is 6.01. The molecule has 0 unspecified atom stereocenters. The standard InChI is InChI=1S/C39H22ClN3OS/c40-31-20-19-29-27-10-4-6-12-32(27)44-36(29)35(31)39-42-37(25-16-14-24(15-17-25)23-8-2-1-3-9-23)41-38(43-39)26-18-21-34-30(22-26)28-11-5-7-13-33(28)45-34/h1-22H. The van der Waals surface area contributed by atoms with E-state index in [0.717, 1.165) is 38.6 Å². The van der Waals surface area contributed by atoms with Gasteiger partial charge in [-0.25, -0.2) is 15.0 Å². The first kappa shape index (κ1) is 26.1. The van der Waals surface area contributed by atoms with E-state index in [0.29, 0.717) is 33.6 Å². The highest BCUT2D eigenvalue weighted by molar-refractivity contribution is 7.25. The Morgan fingerprint density at radius 1 is 0.467 bits per heavy atom. The summed E-state index contributed by atoms with van der Waals surface area (Å²) in [7, 11) is 0. The van der Waals surface area contributed by atoms with Crippen molar-refractivity contribution in [1.29, 1.82) is 0 Å². The average molecular weight is 616 g/mol. The summed E-state index contributed by atoms with van der Waals surface area (Å²) in [5.41, 5.74) is 6.17. The Labute approximate surface area is 267 Å². The van der Waals surface area contributed by atoms with E-state index in [1.807, 2.05) is 48.5 Å². The zero-order valence-corrected chi connectivity index (χ0v) is 25.3. The third kappa shape index (κ3) is 4.40. The molecule has 4 nitrogen and oxygen atoms in total. The minimum absolute atomic E-state index is 0.465. The van der Waals surface area contributed by atoms with E-state index >= 15 is 0 Å². The highest BCUT2D eigenvalue weighted by Crippen LogP contribution is 2.41. The lowest BCUT2D eigenvalue weighted by Crippen LogP contribution is -2.01. The van der Waals surface area contributed by atoms with Gasteiger partial charge >= 0.3 is 0 Å². The number of halogens is 1. The Morgan fingerprint density at radius 2 is 1.09 bits per heavy atom. The second-order valence-electron chi connectivity index (χ2n) is 11.0. The summed E-state index contributed by atoms with van der Waals surface area (Å²) in [6, 6.07) is 45.4. The Morgan fingerprint density at radius 3 is 1.93 bits per heavy atom. The molecule has 0 radical (unpaired) electrons. The number of para-hydroxylation sites is 1. The molecule has 0 aliphatic heterocycles. The lowest BCUT2D eigenvalue weighted by Gasteiger charge is -2.10. The van der Waals surface area contributed by atoms with Gasteiger partial charge in [0, 0.05) is 42.1 Å². The number of aromatic nitrogens is 3. The van der Waals surface area contributed by atoms with Crippen molar-refractivity contribution in [3.63, 3.8) is 0 Å². The van der Waals surface area contributed by atoms with Crippen molar-refractivity contribution in [2.24, 2.45) is 0 Å². The number of hydrogen-bond donors (Lipinski definition) is 0. The molecule has 0 atom stereocenters. The summed E-state index contributed by atoms with van der Waals surface area (Å²) < 4.78 is 8.86. The molecule has 3 aromatic heterocycles. The maximum atomic E-state index is 6.92. The van der Waals surface area contributed by atoms with Crippen molar-refractivity contribution in [2.75, 3.05) is 0 Å². The fraction of sp³-hybridized carbons (Fsp3) is 0. The molecule has 0 amide bonds. The number of fused-ring (bicyclic) bond motifs is 6. The fourth-order valence-corrected chi connectivity index (χ4v) is 7.35. The first-order valence-corrected chi connectivity index (χ1v) is 15.8. The number of hydrogen-bond acceptors (Lipinski definition) is 5. The smallest absolute Gasteiger partial charge is 0.169 e. The van der Waals surface area contributed by atoms with E-state index in [1.54, 1.807) is 11.3 Å². The van der Waals surface area contributed by atoms with Crippen molar-refractivity contribution in [3.8, 4) is 45.3 Å². The van der Waals surface area contributed by atoms with E-state index in [4.69, 9.17) is 31.0 Å². The van der Waals surface area contributed by atoms with Crippen molar-refractivity contribution in [1.82, 2.24) is 15.0 Å². The van der Waals surface area contributed by atoms with Crippen LogP contribution < -0.4 is 0 Å². The predicted octanol–water partition coefficient (Wildman–Crippen LogP) is 11.5. The van der Waals surface area contributed by atoms with Gasteiger partial charge in [-0.2, -0.15) is 0 Å². The zero-order chi connectivity index (χ0) is 29.9. The van der Waals surface area contributed by atoms with Crippen LogP contribution in [-0.4, -0.2) is 15.0 Å². The Hall–Kier alpha value is -5.36. The molecule has 0 saturated carbocycles. The number of thiophene rings is 1. The van der Waals surface area contributed by atoms with Crippen LogP contribution in [0.1, 0.15) is 0 Å². The van der Waals surface area contributed by atoms with Crippen molar-refractivity contribution in [3.05, 3.63) is 138 Å². The van der Waals surface area contributed by atoms with E-state index in [2.05, 4.69) is 84.9 Å². The molecule has 6 heteroatoms.